The quantitative estimate of drug-likeness (QED) is 0.137. The van der Waals surface area contributed by atoms with Gasteiger partial charge in [-0.2, -0.15) is 0 Å². The van der Waals surface area contributed by atoms with Gasteiger partial charge in [-0.25, -0.2) is 0 Å². The van der Waals surface area contributed by atoms with E-state index in [1.54, 1.807) is 0 Å². The maximum Gasteiger partial charge on any atom is 0.306 e. The van der Waals surface area contributed by atoms with Gasteiger partial charge in [0.2, 0.25) is 5.91 Å². The molecule has 1 aliphatic rings. The van der Waals surface area contributed by atoms with Crippen molar-refractivity contribution in [2.24, 2.45) is 5.92 Å². The lowest BCUT2D eigenvalue weighted by Gasteiger charge is -2.26. The van der Waals surface area contributed by atoms with Gasteiger partial charge in [-0.05, 0) is 31.6 Å². The van der Waals surface area contributed by atoms with E-state index >= 15 is 0 Å². The molecule has 194 valence electrons. The van der Waals surface area contributed by atoms with Crippen LogP contribution in [0.5, 0.6) is 0 Å². The molecule has 0 radical (unpaired) electrons. The first kappa shape index (κ1) is 30.0. The molecule has 0 bridgehead atoms. The molecule has 0 unspecified atom stereocenters. The number of hydrogen-bond acceptors (Lipinski definition) is 3. The molecule has 1 saturated carbocycles. The van der Waals surface area contributed by atoms with Crippen molar-refractivity contribution in [3.05, 3.63) is 0 Å². The molecule has 1 fully saturated rings. The molecule has 4 nitrogen and oxygen atoms in total. The van der Waals surface area contributed by atoms with Crippen molar-refractivity contribution in [2.45, 2.75) is 161 Å². The van der Waals surface area contributed by atoms with Crippen molar-refractivity contribution in [3.8, 4) is 0 Å². The van der Waals surface area contributed by atoms with E-state index in [1.165, 1.54) is 103 Å². The molecule has 0 saturated heterocycles. The molecule has 0 spiro atoms. The van der Waals surface area contributed by atoms with Gasteiger partial charge in [-0.15, -0.1) is 0 Å². The Balaban J connectivity index is 1.79. The van der Waals surface area contributed by atoms with Gasteiger partial charge >= 0.3 is 5.97 Å². The van der Waals surface area contributed by atoms with Crippen LogP contribution in [-0.4, -0.2) is 24.5 Å². The normalized spacial score (nSPS) is 18.2. The van der Waals surface area contributed by atoms with Crippen LogP contribution in [0.3, 0.4) is 0 Å². The summed E-state index contributed by atoms with van der Waals surface area (Å²) in [6.45, 7) is 5.22. The third-order valence-corrected chi connectivity index (χ3v) is 7.10. The molecule has 4 heteroatoms. The third-order valence-electron chi connectivity index (χ3n) is 7.10. The van der Waals surface area contributed by atoms with Crippen molar-refractivity contribution >= 4 is 11.9 Å². The lowest BCUT2D eigenvalue weighted by Crippen LogP contribution is -2.27. The number of esters is 1. The van der Waals surface area contributed by atoms with Crippen LogP contribution in [0.25, 0.3) is 0 Å². The molecule has 2 atom stereocenters. The van der Waals surface area contributed by atoms with E-state index < -0.39 is 0 Å². The molecule has 1 N–H and O–H groups in total. The number of hydrogen-bond donors (Lipinski definition) is 1. The summed E-state index contributed by atoms with van der Waals surface area (Å²) in [5.74, 6) is 0.399. The molecule has 0 aromatic heterocycles. The second-order valence-corrected chi connectivity index (χ2v) is 10.5. The second kappa shape index (κ2) is 21.5. The minimum atomic E-state index is -0.216. The van der Waals surface area contributed by atoms with E-state index in [9.17, 15) is 9.59 Å². The van der Waals surface area contributed by atoms with Gasteiger partial charge in [-0.1, -0.05) is 117 Å². The third kappa shape index (κ3) is 19.0. The van der Waals surface area contributed by atoms with Crippen molar-refractivity contribution in [1.82, 2.24) is 5.32 Å². The van der Waals surface area contributed by atoms with Gasteiger partial charge < -0.3 is 10.1 Å². The SMILES string of the molecule is CCCCCCCCCCCCCCCCCCNC(=O)CCC(=O)O[C@@H]1CCC[C@H](C)C1. The van der Waals surface area contributed by atoms with Crippen LogP contribution >= 0.6 is 0 Å². The fourth-order valence-corrected chi connectivity index (χ4v) is 4.94. The predicted molar refractivity (Wildman–Crippen MR) is 139 cm³/mol. The van der Waals surface area contributed by atoms with Crippen LogP contribution in [0, 0.1) is 5.92 Å². The van der Waals surface area contributed by atoms with Crippen molar-refractivity contribution in [1.29, 1.82) is 0 Å². The van der Waals surface area contributed by atoms with E-state index in [1.807, 2.05) is 0 Å². The summed E-state index contributed by atoms with van der Waals surface area (Å²) in [7, 11) is 0. The number of nitrogens with one attached hydrogen (secondary N) is 1. The van der Waals surface area contributed by atoms with Gasteiger partial charge in [0.15, 0.2) is 0 Å². The highest BCUT2D eigenvalue weighted by atomic mass is 16.5. The maximum atomic E-state index is 12.0. The highest BCUT2D eigenvalue weighted by molar-refractivity contribution is 5.81. The van der Waals surface area contributed by atoms with Crippen LogP contribution in [0.15, 0.2) is 0 Å². The van der Waals surface area contributed by atoms with Crippen LogP contribution in [0.1, 0.15) is 155 Å². The molecule has 1 amide bonds. The molecule has 0 aliphatic heterocycles. The predicted octanol–water partition coefficient (Wildman–Crippen LogP) is 8.27. The Bertz CT molecular complexity index is 479. The fourth-order valence-electron chi connectivity index (χ4n) is 4.94. The van der Waals surface area contributed by atoms with Crippen molar-refractivity contribution in [3.63, 3.8) is 0 Å². The van der Waals surface area contributed by atoms with E-state index in [0.717, 1.165) is 32.2 Å². The molecule has 1 rings (SSSR count). The summed E-state index contributed by atoms with van der Waals surface area (Å²) in [5.41, 5.74) is 0. The number of carbonyl (C=O) groups is 2. The van der Waals surface area contributed by atoms with Crippen LogP contribution in [0.4, 0.5) is 0 Å². The summed E-state index contributed by atoms with van der Waals surface area (Å²) in [4.78, 5) is 23.9. The van der Waals surface area contributed by atoms with Gasteiger partial charge in [0, 0.05) is 13.0 Å². The van der Waals surface area contributed by atoms with E-state index in [-0.39, 0.29) is 30.8 Å². The number of unbranched alkanes of at least 4 members (excludes halogenated alkanes) is 15. The largest absolute Gasteiger partial charge is 0.462 e. The van der Waals surface area contributed by atoms with Crippen LogP contribution in [0.2, 0.25) is 0 Å². The standard InChI is InChI=1S/C29H55NO3/c1-3-4-5-6-7-8-9-10-11-12-13-14-15-16-17-18-24-30-28(31)22-23-29(32)33-27-21-19-20-26(2)25-27/h26-27H,3-25H2,1-2H3,(H,30,31)/t26-,27+/m0/s1. The number of carbonyl (C=O) groups excluding carboxylic acids is 2. The van der Waals surface area contributed by atoms with Gasteiger partial charge in [0.25, 0.3) is 0 Å². The summed E-state index contributed by atoms with van der Waals surface area (Å²) < 4.78 is 5.53. The Morgan fingerprint density at radius 2 is 1.24 bits per heavy atom. The molecule has 0 aromatic carbocycles. The summed E-state index contributed by atoms with van der Waals surface area (Å²) in [6.07, 6.45) is 26.5. The van der Waals surface area contributed by atoms with E-state index in [2.05, 4.69) is 19.2 Å². The monoisotopic (exact) mass is 465 g/mol. The van der Waals surface area contributed by atoms with Crippen molar-refractivity contribution in [2.75, 3.05) is 6.54 Å². The second-order valence-electron chi connectivity index (χ2n) is 10.5. The summed E-state index contributed by atoms with van der Waals surface area (Å²) in [6, 6.07) is 0. The Hall–Kier alpha value is -1.06. The van der Waals surface area contributed by atoms with E-state index in [0.29, 0.717) is 5.92 Å². The maximum absolute atomic E-state index is 12.0. The van der Waals surface area contributed by atoms with Crippen LogP contribution < -0.4 is 5.32 Å². The molecular weight excluding hydrogens is 410 g/mol. The smallest absolute Gasteiger partial charge is 0.306 e. The molecular formula is C29H55NO3. The topological polar surface area (TPSA) is 55.4 Å². The molecule has 0 aromatic rings. The summed E-state index contributed by atoms with van der Waals surface area (Å²) >= 11 is 0. The minimum Gasteiger partial charge on any atom is -0.462 e. The Morgan fingerprint density at radius 1 is 0.727 bits per heavy atom. The lowest BCUT2D eigenvalue weighted by molar-refractivity contribution is -0.152. The van der Waals surface area contributed by atoms with Gasteiger partial charge in [0.05, 0.1) is 6.42 Å². The van der Waals surface area contributed by atoms with Crippen molar-refractivity contribution < 1.29 is 14.3 Å². The number of amides is 1. The Morgan fingerprint density at radius 3 is 1.76 bits per heavy atom. The Labute approximate surface area is 205 Å². The Kier molecular flexibility index (Phi) is 19.5. The minimum absolute atomic E-state index is 0.0232. The molecule has 0 heterocycles. The summed E-state index contributed by atoms with van der Waals surface area (Å²) in [5, 5.41) is 2.95. The van der Waals surface area contributed by atoms with Gasteiger partial charge in [-0.3, -0.25) is 9.59 Å². The molecule has 1 aliphatic carbocycles. The average molecular weight is 466 g/mol. The lowest BCUT2D eigenvalue weighted by atomic mass is 9.89. The first-order valence-corrected chi connectivity index (χ1v) is 14.6. The first-order chi connectivity index (χ1) is 16.1. The zero-order valence-corrected chi connectivity index (χ0v) is 22.1. The zero-order valence-electron chi connectivity index (χ0n) is 22.1. The number of rotatable bonds is 21. The van der Waals surface area contributed by atoms with E-state index in [4.69, 9.17) is 4.74 Å². The number of ether oxygens (including phenoxy) is 1. The highest BCUT2D eigenvalue weighted by Crippen LogP contribution is 2.26. The fraction of sp³-hybridized carbons (Fsp3) is 0.931. The first-order valence-electron chi connectivity index (χ1n) is 14.6. The van der Waals surface area contributed by atoms with Gasteiger partial charge in [0.1, 0.15) is 6.10 Å². The molecule has 33 heavy (non-hydrogen) atoms. The highest BCUT2D eigenvalue weighted by Gasteiger charge is 2.22. The zero-order chi connectivity index (χ0) is 24.0. The average Bonchev–Trinajstić information content (AvgIpc) is 2.79. The van der Waals surface area contributed by atoms with Crippen LogP contribution in [-0.2, 0) is 14.3 Å².